The fourth-order valence-electron chi connectivity index (χ4n) is 1.61. The summed E-state index contributed by atoms with van der Waals surface area (Å²) in [5, 5.41) is 15.8. The minimum Gasteiger partial charge on any atom is -0.464 e. The molecule has 2 N–H and O–H groups in total. The largest absolute Gasteiger partial charge is 0.464 e. The van der Waals surface area contributed by atoms with Gasteiger partial charge in [0.15, 0.2) is 5.60 Å². The van der Waals surface area contributed by atoms with Crippen molar-refractivity contribution < 1.29 is 24.0 Å². The van der Waals surface area contributed by atoms with Crippen molar-refractivity contribution >= 4 is 11.9 Å². The standard InChI is InChI=1S/C14H16N4O5/c1-3-22-13(20)14(2,21)8-16-11(19)10-17-12(23-18-10)9-5-4-6-15-7-9/h4-7,21H,3,8H2,1-2H3,(H,16,19)/t14-/m1/s1. The van der Waals surface area contributed by atoms with E-state index in [1.54, 1.807) is 25.3 Å². The van der Waals surface area contributed by atoms with Crippen molar-refractivity contribution in [3.63, 3.8) is 0 Å². The van der Waals surface area contributed by atoms with Crippen molar-refractivity contribution in [1.82, 2.24) is 20.4 Å². The third-order valence-corrected chi connectivity index (χ3v) is 2.85. The quantitative estimate of drug-likeness (QED) is 0.721. The summed E-state index contributed by atoms with van der Waals surface area (Å²) in [4.78, 5) is 31.3. The summed E-state index contributed by atoms with van der Waals surface area (Å²) in [6, 6.07) is 3.39. The molecule has 0 saturated carbocycles. The van der Waals surface area contributed by atoms with Gasteiger partial charge in [0.25, 0.3) is 17.6 Å². The van der Waals surface area contributed by atoms with E-state index in [0.29, 0.717) is 5.56 Å². The number of nitrogens with one attached hydrogen (secondary N) is 1. The van der Waals surface area contributed by atoms with Gasteiger partial charge in [-0.05, 0) is 26.0 Å². The van der Waals surface area contributed by atoms with Crippen LogP contribution in [0.1, 0.15) is 24.5 Å². The minimum absolute atomic E-state index is 0.127. The number of pyridine rings is 1. The molecule has 0 unspecified atom stereocenters. The number of aliphatic hydroxyl groups is 1. The molecule has 0 spiro atoms. The monoisotopic (exact) mass is 320 g/mol. The second kappa shape index (κ2) is 6.97. The third-order valence-electron chi connectivity index (χ3n) is 2.85. The van der Waals surface area contributed by atoms with E-state index in [9.17, 15) is 14.7 Å². The summed E-state index contributed by atoms with van der Waals surface area (Å²) in [6.07, 6.45) is 3.10. The highest BCUT2D eigenvalue weighted by Gasteiger charge is 2.33. The number of nitrogens with zero attached hydrogens (tertiary/aromatic N) is 3. The molecule has 9 nitrogen and oxygen atoms in total. The lowest BCUT2D eigenvalue weighted by Gasteiger charge is -2.20. The van der Waals surface area contributed by atoms with Crippen LogP contribution in [0.15, 0.2) is 29.0 Å². The fourth-order valence-corrected chi connectivity index (χ4v) is 1.61. The maximum absolute atomic E-state index is 11.9. The highest BCUT2D eigenvalue weighted by molar-refractivity contribution is 5.91. The first-order valence-electron chi connectivity index (χ1n) is 6.86. The lowest BCUT2D eigenvalue weighted by molar-refractivity contribution is -0.162. The van der Waals surface area contributed by atoms with E-state index < -0.39 is 17.5 Å². The molecule has 2 rings (SSSR count). The Morgan fingerprint density at radius 3 is 2.91 bits per heavy atom. The van der Waals surface area contributed by atoms with E-state index in [1.165, 1.54) is 13.1 Å². The summed E-state index contributed by atoms with van der Waals surface area (Å²) in [5.41, 5.74) is -1.28. The van der Waals surface area contributed by atoms with Gasteiger partial charge in [-0.3, -0.25) is 9.78 Å². The molecule has 0 aliphatic rings. The third kappa shape index (κ3) is 4.10. The van der Waals surface area contributed by atoms with Crippen LogP contribution in [0.5, 0.6) is 0 Å². The van der Waals surface area contributed by atoms with Gasteiger partial charge in [-0.25, -0.2) is 4.79 Å². The van der Waals surface area contributed by atoms with Gasteiger partial charge in [0, 0.05) is 12.4 Å². The summed E-state index contributed by atoms with van der Waals surface area (Å²) >= 11 is 0. The van der Waals surface area contributed by atoms with Gasteiger partial charge in [-0.1, -0.05) is 5.16 Å². The molecule has 0 fully saturated rings. The molecule has 1 amide bonds. The van der Waals surface area contributed by atoms with Crippen molar-refractivity contribution in [2.75, 3.05) is 13.2 Å². The zero-order valence-electron chi connectivity index (χ0n) is 12.6. The molecule has 0 aromatic carbocycles. The maximum atomic E-state index is 11.9. The number of hydrogen-bond donors (Lipinski definition) is 2. The van der Waals surface area contributed by atoms with Gasteiger partial charge >= 0.3 is 5.97 Å². The molecule has 0 radical (unpaired) electrons. The van der Waals surface area contributed by atoms with Crippen molar-refractivity contribution in [3.8, 4) is 11.5 Å². The van der Waals surface area contributed by atoms with Crippen molar-refractivity contribution in [2.24, 2.45) is 0 Å². The lowest BCUT2D eigenvalue weighted by atomic mass is 10.1. The summed E-state index contributed by atoms with van der Waals surface area (Å²) in [5.74, 6) is -1.60. The Labute approximate surface area is 131 Å². The number of amides is 1. The number of ether oxygens (including phenoxy) is 1. The number of carbonyl (C=O) groups is 2. The van der Waals surface area contributed by atoms with Crippen molar-refractivity contribution in [3.05, 3.63) is 30.4 Å². The van der Waals surface area contributed by atoms with E-state index >= 15 is 0 Å². The van der Waals surface area contributed by atoms with Gasteiger partial charge in [0.05, 0.1) is 18.7 Å². The molecule has 0 aliphatic carbocycles. The molecule has 0 aliphatic heterocycles. The zero-order valence-corrected chi connectivity index (χ0v) is 12.6. The summed E-state index contributed by atoms with van der Waals surface area (Å²) < 4.78 is 9.68. The van der Waals surface area contributed by atoms with Crippen LogP contribution in [-0.4, -0.2) is 50.9 Å². The van der Waals surface area contributed by atoms with Crippen LogP contribution >= 0.6 is 0 Å². The normalized spacial score (nSPS) is 13.2. The molecular formula is C14H16N4O5. The number of rotatable bonds is 6. The molecule has 9 heteroatoms. The minimum atomic E-state index is -1.85. The number of esters is 1. The zero-order chi connectivity index (χ0) is 16.9. The highest BCUT2D eigenvalue weighted by Crippen LogP contribution is 2.15. The molecule has 122 valence electrons. The van der Waals surface area contributed by atoms with Crippen LogP contribution < -0.4 is 5.32 Å². The first kappa shape index (κ1) is 16.6. The number of carbonyl (C=O) groups excluding carboxylic acids is 2. The summed E-state index contributed by atoms with van der Waals surface area (Å²) in [6.45, 7) is 2.64. The van der Waals surface area contributed by atoms with Crippen LogP contribution in [0.3, 0.4) is 0 Å². The van der Waals surface area contributed by atoms with Gasteiger partial charge < -0.3 is 19.7 Å². The topological polar surface area (TPSA) is 127 Å². The Hall–Kier alpha value is -2.81. The van der Waals surface area contributed by atoms with Crippen LogP contribution in [-0.2, 0) is 9.53 Å². The van der Waals surface area contributed by atoms with Crippen LogP contribution in [0.4, 0.5) is 0 Å². The van der Waals surface area contributed by atoms with E-state index in [1.807, 2.05) is 0 Å². The van der Waals surface area contributed by atoms with Crippen LogP contribution in [0.25, 0.3) is 11.5 Å². The molecule has 2 aromatic rings. The van der Waals surface area contributed by atoms with E-state index in [4.69, 9.17) is 9.26 Å². The predicted molar refractivity (Wildman–Crippen MR) is 77.1 cm³/mol. The average molecular weight is 320 g/mol. The lowest BCUT2D eigenvalue weighted by Crippen LogP contribution is -2.47. The fraction of sp³-hybridized carbons (Fsp3) is 0.357. The number of hydrogen-bond acceptors (Lipinski definition) is 8. The highest BCUT2D eigenvalue weighted by atomic mass is 16.5. The Morgan fingerprint density at radius 2 is 2.26 bits per heavy atom. The Bertz CT molecular complexity index is 683. The molecule has 1 atom stereocenters. The smallest absolute Gasteiger partial charge is 0.339 e. The Kier molecular flexibility index (Phi) is 5.02. The van der Waals surface area contributed by atoms with Gasteiger partial charge in [-0.2, -0.15) is 4.98 Å². The Morgan fingerprint density at radius 1 is 1.48 bits per heavy atom. The summed E-state index contributed by atoms with van der Waals surface area (Å²) in [7, 11) is 0. The van der Waals surface area contributed by atoms with E-state index in [-0.39, 0.29) is 24.9 Å². The van der Waals surface area contributed by atoms with Gasteiger partial charge in [0.2, 0.25) is 0 Å². The second-order valence-corrected chi connectivity index (χ2v) is 4.84. The van der Waals surface area contributed by atoms with Gasteiger partial charge in [-0.15, -0.1) is 0 Å². The molecule has 2 aromatic heterocycles. The van der Waals surface area contributed by atoms with Gasteiger partial charge in [0.1, 0.15) is 0 Å². The van der Waals surface area contributed by atoms with Crippen molar-refractivity contribution in [1.29, 1.82) is 0 Å². The van der Waals surface area contributed by atoms with E-state index in [2.05, 4.69) is 20.4 Å². The van der Waals surface area contributed by atoms with Crippen molar-refractivity contribution in [2.45, 2.75) is 19.4 Å². The first-order valence-corrected chi connectivity index (χ1v) is 6.86. The number of aromatic nitrogens is 3. The first-order chi connectivity index (χ1) is 10.9. The molecule has 23 heavy (non-hydrogen) atoms. The van der Waals surface area contributed by atoms with E-state index in [0.717, 1.165) is 0 Å². The van der Waals surface area contributed by atoms with Crippen LogP contribution in [0.2, 0.25) is 0 Å². The molecular weight excluding hydrogens is 304 g/mol. The predicted octanol–water partition coefficient (Wildman–Crippen LogP) is 0.175. The molecule has 0 saturated heterocycles. The second-order valence-electron chi connectivity index (χ2n) is 4.84. The van der Waals surface area contributed by atoms with Crippen LogP contribution in [0, 0.1) is 0 Å². The SMILES string of the molecule is CCOC(=O)[C@](C)(O)CNC(=O)c1noc(-c2cccnc2)n1. The molecule has 0 bridgehead atoms. The average Bonchev–Trinajstić information content (AvgIpc) is 3.04. The Balaban J connectivity index is 1.99. The molecule has 2 heterocycles. The maximum Gasteiger partial charge on any atom is 0.339 e.